The van der Waals surface area contributed by atoms with Gasteiger partial charge in [0.25, 0.3) is 5.91 Å². The van der Waals surface area contributed by atoms with E-state index in [9.17, 15) is 4.79 Å². The second-order valence-corrected chi connectivity index (χ2v) is 8.42. The lowest BCUT2D eigenvalue weighted by Crippen LogP contribution is -2.37. The average Bonchev–Trinajstić information content (AvgIpc) is 3.09. The summed E-state index contributed by atoms with van der Waals surface area (Å²) in [5.74, 6) is 0.254. The molecule has 0 aliphatic rings. The van der Waals surface area contributed by atoms with Gasteiger partial charge in [-0.25, -0.2) is 4.68 Å². The van der Waals surface area contributed by atoms with Crippen LogP contribution >= 0.6 is 0 Å². The van der Waals surface area contributed by atoms with E-state index in [2.05, 4.69) is 77.2 Å². The summed E-state index contributed by atoms with van der Waals surface area (Å²) in [6.07, 6.45) is 0. The van der Waals surface area contributed by atoms with Crippen LogP contribution in [-0.2, 0) is 0 Å². The fourth-order valence-corrected chi connectivity index (χ4v) is 3.26. The van der Waals surface area contributed by atoms with Crippen LogP contribution in [0.5, 0.6) is 0 Å². The van der Waals surface area contributed by atoms with E-state index in [1.165, 1.54) is 16.7 Å². The van der Waals surface area contributed by atoms with Crippen LogP contribution in [0.4, 0.5) is 0 Å². The molecule has 0 bridgehead atoms. The number of hydrogen-bond acceptors (Lipinski definition) is 2. The van der Waals surface area contributed by atoms with E-state index >= 15 is 0 Å². The van der Waals surface area contributed by atoms with E-state index in [4.69, 9.17) is 5.10 Å². The van der Waals surface area contributed by atoms with E-state index in [0.717, 1.165) is 22.5 Å². The first-order chi connectivity index (χ1) is 13.7. The van der Waals surface area contributed by atoms with Crippen molar-refractivity contribution in [2.24, 2.45) is 5.92 Å². The largest absolute Gasteiger partial charge is 0.348 e. The molecule has 29 heavy (non-hydrogen) atoms. The molecule has 1 heterocycles. The molecular formula is C25H31N3O. The Balaban J connectivity index is 2.12. The number of benzene rings is 2. The zero-order valence-electron chi connectivity index (χ0n) is 18.5. The second kappa shape index (κ2) is 8.24. The van der Waals surface area contributed by atoms with Gasteiger partial charge < -0.3 is 5.32 Å². The quantitative estimate of drug-likeness (QED) is 0.622. The molecule has 0 saturated heterocycles. The predicted octanol–water partition coefficient (Wildman–Crippen LogP) is 5.55. The molecule has 0 fully saturated rings. The van der Waals surface area contributed by atoms with Crippen molar-refractivity contribution in [3.05, 3.63) is 70.4 Å². The molecule has 0 radical (unpaired) electrons. The zero-order valence-corrected chi connectivity index (χ0v) is 18.5. The third-order valence-corrected chi connectivity index (χ3v) is 5.68. The fraction of sp³-hybridized carbons (Fsp3) is 0.360. The summed E-state index contributed by atoms with van der Waals surface area (Å²) in [5.41, 5.74) is 8.02. The summed E-state index contributed by atoms with van der Waals surface area (Å²) in [6.45, 7) is 14.6. The van der Waals surface area contributed by atoms with Crippen LogP contribution in [0, 0.1) is 33.6 Å². The highest BCUT2D eigenvalue weighted by Crippen LogP contribution is 2.25. The Hall–Kier alpha value is -2.88. The number of carbonyl (C=O) groups excluding carboxylic acids is 1. The molecule has 0 aliphatic heterocycles. The topological polar surface area (TPSA) is 46.9 Å². The maximum atomic E-state index is 13.1. The SMILES string of the molecule is Cc1ccc(-n2nc(-c3ccc(C)c(C)c3)cc2C(=O)N[C@H](C)C(C)C)c(C)c1. The molecule has 4 heteroatoms. The maximum Gasteiger partial charge on any atom is 0.270 e. The standard InChI is InChI=1S/C25H31N3O/c1-15(2)20(7)26-25(29)24-14-22(21-10-9-17(4)18(5)13-21)27-28(24)23-11-8-16(3)12-19(23)6/h8-15,20H,1-7H3,(H,26,29)/t20-/m1/s1. The van der Waals surface area contributed by atoms with Crippen LogP contribution in [0.25, 0.3) is 16.9 Å². The Kier molecular flexibility index (Phi) is 5.92. The summed E-state index contributed by atoms with van der Waals surface area (Å²) < 4.78 is 1.78. The van der Waals surface area contributed by atoms with Crippen molar-refractivity contribution in [1.82, 2.24) is 15.1 Å². The summed E-state index contributed by atoms with van der Waals surface area (Å²) in [7, 11) is 0. The molecule has 1 amide bonds. The number of amides is 1. The minimum Gasteiger partial charge on any atom is -0.348 e. The van der Waals surface area contributed by atoms with Gasteiger partial charge in [-0.1, -0.05) is 43.7 Å². The molecule has 3 rings (SSSR count). The third-order valence-electron chi connectivity index (χ3n) is 5.68. The molecule has 3 aromatic rings. The Labute approximate surface area is 174 Å². The number of nitrogens with zero attached hydrogens (tertiary/aromatic N) is 2. The van der Waals surface area contributed by atoms with Gasteiger partial charge in [-0.15, -0.1) is 0 Å². The second-order valence-electron chi connectivity index (χ2n) is 8.42. The van der Waals surface area contributed by atoms with Gasteiger partial charge >= 0.3 is 0 Å². The first kappa shape index (κ1) is 20.8. The Morgan fingerprint density at radius 2 is 1.62 bits per heavy atom. The number of nitrogens with one attached hydrogen (secondary N) is 1. The monoisotopic (exact) mass is 389 g/mol. The van der Waals surface area contributed by atoms with Gasteiger partial charge in [0.2, 0.25) is 0 Å². The molecule has 1 atom stereocenters. The van der Waals surface area contributed by atoms with Crippen molar-refractivity contribution in [2.45, 2.75) is 54.5 Å². The molecule has 1 aromatic heterocycles. The van der Waals surface area contributed by atoms with Gasteiger partial charge in [-0.3, -0.25) is 4.79 Å². The van der Waals surface area contributed by atoms with E-state index in [1.54, 1.807) is 4.68 Å². The molecule has 0 unspecified atom stereocenters. The van der Waals surface area contributed by atoms with Crippen LogP contribution in [0.15, 0.2) is 42.5 Å². The van der Waals surface area contributed by atoms with Gasteiger partial charge in [0.05, 0.1) is 11.4 Å². The number of aromatic nitrogens is 2. The first-order valence-corrected chi connectivity index (χ1v) is 10.2. The molecule has 4 nitrogen and oxygen atoms in total. The average molecular weight is 390 g/mol. The molecule has 2 aromatic carbocycles. The van der Waals surface area contributed by atoms with Crippen molar-refractivity contribution in [3.63, 3.8) is 0 Å². The Bertz CT molecular complexity index is 1050. The molecular weight excluding hydrogens is 358 g/mol. The van der Waals surface area contributed by atoms with Crippen molar-refractivity contribution in [3.8, 4) is 16.9 Å². The summed E-state index contributed by atoms with van der Waals surface area (Å²) in [6, 6.07) is 14.5. The fourth-order valence-electron chi connectivity index (χ4n) is 3.26. The molecule has 1 N–H and O–H groups in total. The highest BCUT2D eigenvalue weighted by molar-refractivity contribution is 5.94. The summed E-state index contributed by atoms with van der Waals surface area (Å²) >= 11 is 0. The molecule has 152 valence electrons. The minimum absolute atomic E-state index is 0.0787. The van der Waals surface area contributed by atoms with Gasteiger partial charge in [-0.05, 0) is 75.4 Å². The van der Waals surface area contributed by atoms with Crippen LogP contribution in [0.2, 0.25) is 0 Å². The smallest absolute Gasteiger partial charge is 0.270 e. The molecule has 0 saturated carbocycles. The van der Waals surface area contributed by atoms with Crippen LogP contribution < -0.4 is 5.32 Å². The van der Waals surface area contributed by atoms with Crippen LogP contribution in [0.3, 0.4) is 0 Å². The van der Waals surface area contributed by atoms with Gasteiger partial charge in [-0.2, -0.15) is 5.10 Å². The molecule has 0 aliphatic carbocycles. The lowest BCUT2D eigenvalue weighted by atomic mass is 10.0. The molecule has 0 spiro atoms. The Morgan fingerprint density at radius 3 is 2.24 bits per heavy atom. The van der Waals surface area contributed by atoms with Crippen molar-refractivity contribution < 1.29 is 4.79 Å². The normalized spacial score (nSPS) is 12.3. The summed E-state index contributed by atoms with van der Waals surface area (Å²) in [5, 5.41) is 7.96. The van der Waals surface area contributed by atoms with E-state index < -0.39 is 0 Å². The maximum absolute atomic E-state index is 13.1. The number of carbonyl (C=O) groups is 1. The third kappa shape index (κ3) is 4.42. The number of aryl methyl sites for hydroxylation is 4. The van der Waals surface area contributed by atoms with Crippen molar-refractivity contribution in [1.29, 1.82) is 0 Å². The predicted molar refractivity (Wildman–Crippen MR) is 120 cm³/mol. The van der Waals surface area contributed by atoms with Crippen molar-refractivity contribution >= 4 is 5.91 Å². The lowest BCUT2D eigenvalue weighted by molar-refractivity contribution is 0.0922. The highest BCUT2D eigenvalue weighted by atomic mass is 16.2. The van der Waals surface area contributed by atoms with Crippen molar-refractivity contribution in [2.75, 3.05) is 0 Å². The van der Waals surface area contributed by atoms with Gasteiger partial charge in [0, 0.05) is 11.6 Å². The van der Waals surface area contributed by atoms with E-state index in [1.807, 2.05) is 19.1 Å². The first-order valence-electron chi connectivity index (χ1n) is 10.2. The zero-order chi connectivity index (χ0) is 21.3. The Morgan fingerprint density at radius 1 is 0.897 bits per heavy atom. The minimum atomic E-state index is -0.103. The van der Waals surface area contributed by atoms with Crippen LogP contribution in [-0.4, -0.2) is 21.7 Å². The van der Waals surface area contributed by atoms with Gasteiger partial charge in [0.15, 0.2) is 0 Å². The van der Waals surface area contributed by atoms with Gasteiger partial charge in [0.1, 0.15) is 5.69 Å². The van der Waals surface area contributed by atoms with E-state index in [0.29, 0.717) is 11.6 Å². The van der Waals surface area contributed by atoms with Crippen LogP contribution in [0.1, 0.15) is 53.5 Å². The number of rotatable bonds is 5. The highest BCUT2D eigenvalue weighted by Gasteiger charge is 2.21. The summed E-state index contributed by atoms with van der Waals surface area (Å²) in [4.78, 5) is 13.1. The number of hydrogen-bond donors (Lipinski definition) is 1. The van der Waals surface area contributed by atoms with E-state index in [-0.39, 0.29) is 11.9 Å². The lowest BCUT2D eigenvalue weighted by Gasteiger charge is -2.18.